The minimum absolute atomic E-state index is 0. The average molecular weight is 408 g/mol. The van der Waals surface area contributed by atoms with E-state index in [1.54, 1.807) is 6.20 Å². The molecule has 1 aliphatic rings. The lowest BCUT2D eigenvalue weighted by Gasteiger charge is -2.12. The first-order chi connectivity index (χ1) is 13.8. The molecule has 8 nitrogen and oxygen atoms in total. The van der Waals surface area contributed by atoms with Gasteiger partial charge in [-0.25, -0.2) is 4.98 Å². The summed E-state index contributed by atoms with van der Waals surface area (Å²) in [6, 6.07) is 4.05. The summed E-state index contributed by atoms with van der Waals surface area (Å²) >= 11 is 0. The molecule has 1 aliphatic carbocycles. The standard InChI is InChI=1S/C18H19F3N8.2H2/c1-10(2)23-16-26-15(13-4-3-5-14(25-13)18(19,20)21)27-17(28-16)24-11-8-22-29(9-11)12-6-7-12;;/h3-5,8-10,12H,6-7H2,1-2H3,(H2,23,24,26,27,28);2*1H. The van der Waals surface area contributed by atoms with E-state index in [1.165, 1.54) is 12.1 Å². The second-order valence-corrected chi connectivity index (χ2v) is 7.08. The Balaban J connectivity index is 0.00000171. The Morgan fingerprint density at radius 2 is 1.86 bits per heavy atom. The number of pyridine rings is 1. The van der Waals surface area contributed by atoms with Crippen LogP contribution in [0.25, 0.3) is 11.5 Å². The Bertz CT molecular complexity index is 1020. The molecule has 0 aliphatic heterocycles. The summed E-state index contributed by atoms with van der Waals surface area (Å²) in [5, 5.41) is 10.4. The monoisotopic (exact) mass is 408 g/mol. The summed E-state index contributed by atoms with van der Waals surface area (Å²) in [6.07, 6.45) is 1.14. The number of halogens is 3. The molecule has 3 aromatic heterocycles. The van der Waals surface area contributed by atoms with Crippen LogP contribution in [0.15, 0.2) is 30.6 Å². The summed E-state index contributed by atoms with van der Waals surface area (Å²) in [4.78, 5) is 16.5. The zero-order valence-corrected chi connectivity index (χ0v) is 15.8. The second-order valence-electron chi connectivity index (χ2n) is 7.08. The van der Waals surface area contributed by atoms with E-state index in [1.807, 2.05) is 24.7 Å². The van der Waals surface area contributed by atoms with Gasteiger partial charge >= 0.3 is 6.18 Å². The lowest BCUT2D eigenvalue weighted by Crippen LogP contribution is -2.15. The smallest absolute Gasteiger partial charge is 0.352 e. The van der Waals surface area contributed by atoms with E-state index >= 15 is 0 Å². The van der Waals surface area contributed by atoms with Crippen molar-refractivity contribution < 1.29 is 16.0 Å². The van der Waals surface area contributed by atoms with Gasteiger partial charge in [0.1, 0.15) is 11.4 Å². The van der Waals surface area contributed by atoms with Crippen molar-refractivity contribution in [3.63, 3.8) is 0 Å². The molecule has 3 heterocycles. The number of alkyl halides is 3. The third kappa shape index (κ3) is 4.61. The first kappa shape index (κ1) is 19.1. The van der Waals surface area contributed by atoms with E-state index in [-0.39, 0.29) is 32.3 Å². The molecular formula is C18H23F3N8. The lowest BCUT2D eigenvalue weighted by molar-refractivity contribution is -0.141. The second kappa shape index (κ2) is 7.30. The summed E-state index contributed by atoms with van der Waals surface area (Å²) < 4.78 is 40.9. The zero-order chi connectivity index (χ0) is 20.6. The van der Waals surface area contributed by atoms with Crippen LogP contribution in [0.4, 0.5) is 30.8 Å². The van der Waals surface area contributed by atoms with Crippen LogP contribution >= 0.6 is 0 Å². The van der Waals surface area contributed by atoms with Gasteiger partial charge < -0.3 is 10.6 Å². The van der Waals surface area contributed by atoms with Gasteiger partial charge in [0.05, 0.1) is 17.9 Å². The van der Waals surface area contributed by atoms with E-state index in [9.17, 15) is 13.2 Å². The van der Waals surface area contributed by atoms with Gasteiger partial charge in [-0.3, -0.25) is 4.68 Å². The highest BCUT2D eigenvalue weighted by molar-refractivity contribution is 5.58. The molecule has 2 N–H and O–H groups in total. The Kier molecular flexibility index (Phi) is 4.81. The van der Waals surface area contributed by atoms with Crippen molar-refractivity contribution in [2.45, 2.75) is 44.9 Å². The Labute approximate surface area is 167 Å². The van der Waals surface area contributed by atoms with E-state index in [0.29, 0.717) is 11.7 Å². The maximum atomic E-state index is 13.0. The van der Waals surface area contributed by atoms with Gasteiger partial charge in [0.2, 0.25) is 11.9 Å². The van der Waals surface area contributed by atoms with Crippen LogP contribution in [0.5, 0.6) is 0 Å². The van der Waals surface area contributed by atoms with Gasteiger partial charge in [-0.2, -0.15) is 33.2 Å². The van der Waals surface area contributed by atoms with Gasteiger partial charge in [-0.05, 0) is 38.8 Å². The summed E-state index contributed by atoms with van der Waals surface area (Å²) in [6.45, 7) is 3.80. The van der Waals surface area contributed by atoms with Crippen LogP contribution < -0.4 is 10.6 Å². The SMILES string of the molecule is CC(C)Nc1nc(Nc2cnn(C3CC3)c2)nc(-c2cccc(C(F)(F)F)n2)n1.[HH].[HH]. The molecule has 0 bridgehead atoms. The molecule has 0 atom stereocenters. The Morgan fingerprint density at radius 3 is 2.55 bits per heavy atom. The van der Waals surface area contributed by atoms with E-state index in [2.05, 4.69) is 35.7 Å². The van der Waals surface area contributed by atoms with Crippen LogP contribution in [-0.4, -0.2) is 35.8 Å². The highest BCUT2D eigenvalue weighted by Gasteiger charge is 2.32. The van der Waals surface area contributed by atoms with Gasteiger partial charge in [0.15, 0.2) is 5.82 Å². The molecule has 0 aromatic carbocycles. The number of nitrogens with zero attached hydrogens (tertiary/aromatic N) is 6. The highest BCUT2D eigenvalue weighted by Crippen LogP contribution is 2.35. The van der Waals surface area contributed by atoms with Crippen LogP contribution in [-0.2, 0) is 6.18 Å². The minimum Gasteiger partial charge on any atom is -0.352 e. The Hall–Kier alpha value is -3.24. The van der Waals surface area contributed by atoms with Crippen LogP contribution in [0.1, 0.15) is 41.3 Å². The number of hydrogen-bond acceptors (Lipinski definition) is 7. The first-order valence-corrected chi connectivity index (χ1v) is 9.16. The number of hydrogen-bond donors (Lipinski definition) is 2. The third-order valence-corrected chi connectivity index (χ3v) is 4.10. The molecule has 0 amide bonds. The molecule has 0 spiro atoms. The van der Waals surface area contributed by atoms with Gasteiger partial charge in [0, 0.05) is 15.1 Å². The van der Waals surface area contributed by atoms with Gasteiger partial charge in [0.25, 0.3) is 0 Å². The molecule has 1 saturated carbocycles. The van der Waals surface area contributed by atoms with Crippen LogP contribution in [0.3, 0.4) is 0 Å². The molecular weight excluding hydrogens is 385 g/mol. The van der Waals surface area contributed by atoms with Crippen molar-refractivity contribution in [3.05, 3.63) is 36.3 Å². The van der Waals surface area contributed by atoms with Crippen molar-refractivity contribution in [2.24, 2.45) is 0 Å². The van der Waals surface area contributed by atoms with E-state index < -0.39 is 11.9 Å². The molecule has 0 radical (unpaired) electrons. The highest BCUT2D eigenvalue weighted by atomic mass is 19.4. The van der Waals surface area contributed by atoms with Crippen molar-refractivity contribution in [3.8, 4) is 11.5 Å². The molecule has 4 rings (SSSR count). The molecule has 29 heavy (non-hydrogen) atoms. The fourth-order valence-electron chi connectivity index (χ4n) is 2.66. The van der Waals surface area contributed by atoms with Gasteiger partial charge in [-0.15, -0.1) is 0 Å². The zero-order valence-electron chi connectivity index (χ0n) is 15.8. The summed E-state index contributed by atoms with van der Waals surface area (Å²) in [5.74, 6) is 0.459. The predicted molar refractivity (Wildman–Crippen MR) is 105 cm³/mol. The number of anilines is 3. The van der Waals surface area contributed by atoms with E-state index in [0.717, 1.165) is 18.9 Å². The van der Waals surface area contributed by atoms with Crippen molar-refractivity contribution >= 4 is 17.6 Å². The topological polar surface area (TPSA) is 93.4 Å². The predicted octanol–water partition coefficient (Wildman–Crippen LogP) is 4.54. The molecule has 0 unspecified atom stereocenters. The molecule has 3 aromatic rings. The molecule has 0 saturated heterocycles. The van der Waals surface area contributed by atoms with Crippen molar-refractivity contribution in [2.75, 3.05) is 10.6 Å². The Morgan fingerprint density at radius 1 is 1.10 bits per heavy atom. The maximum absolute atomic E-state index is 13.0. The first-order valence-electron chi connectivity index (χ1n) is 9.16. The quantitative estimate of drug-likeness (QED) is 0.618. The fourth-order valence-corrected chi connectivity index (χ4v) is 2.66. The average Bonchev–Trinajstić information content (AvgIpc) is 3.40. The lowest BCUT2D eigenvalue weighted by atomic mass is 10.3. The summed E-state index contributed by atoms with van der Waals surface area (Å²) in [7, 11) is 0. The van der Waals surface area contributed by atoms with E-state index in [4.69, 9.17) is 0 Å². The van der Waals surface area contributed by atoms with Crippen molar-refractivity contribution in [1.82, 2.24) is 29.7 Å². The largest absolute Gasteiger partial charge is 0.433 e. The normalized spacial score (nSPS) is 14.3. The van der Waals surface area contributed by atoms with Gasteiger partial charge in [-0.1, -0.05) is 6.07 Å². The number of nitrogens with one attached hydrogen (secondary N) is 2. The number of rotatable bonds is 6. The third-order valence-electron chi connectivity index (χ3n) is 4.10. The maximum Gasteiger partial charge on any atom is 0.433 e. The van der Waals surface area contributed by atoms with Crippen LogP contribution in [0, 0.1) is 0 Å². The minimum atomic E-state index is -4.56. The van der Waals surface area contributed by atoms with Crippen LogP contribution in [0.2, 0.25) is 0 Å². The summed E-state index contributed by atoms with van der Waals surface area (Å²) in [5.41, 5.74) is -0.318. The molecule has 156 valence electrons. The van der Waals surface area contributed by atoms with Crippen molar-refractivity contribution in [1.29, 1.82) is 0 Å². The number of aromatic nitrogens is 6. The fraction of sp³-hybridized carbons (Fsp3) is 0.389. The molecule has 1 fully saturated rings. The molecule has 11 heteroatoms.